The molecule has 1 saturated heterocycles. The van der Waals surface area contributed by atoms with Crippen LogP contribution in [0.4, 0.5) is 0 Å². The second-order valence-electron chi connectivity index (χ2n) is 4.73. The Bertz CT molecular complexity index is 524. The molecule has 105 valence electrons. The molecule has 2 aromatic rings. The lowest BCUT2D eigenvalue weighted by Gasteiger charge is -2.26. The lowest BCUT2D eigenvalue weighted by molar-refractivity contribution is 0.0410. The van der Waals surface area contributed by atoms with Gasteiger partial charge in [-0.2, -0.15) is 5.10 Å². The predicted molar refractivity (Wildman–Crippen MR) is 80.8 cm³/mol. The van der Waals surface area contributed by atoms with Crippen LogP contribution in [0.15, 0.2) is 35.5 Å². The molecule has 0 unspecified atom stereocenters. The number of ether oxygens (including phenoxy) is 1. The fourth-order valence-electron chi connectivity index (χ4n) is 2.23. The van der Waals surface area contributed by atoms with Crippen molar-refractivity contribution in [1.29, 1.82) is 0 Å². The van der Waals surface area contributed by atoms with Crippen molar-refractivity contribution in [2.75, 3.05) is 38.6 Å². The van der Waals surface area contributed by atoms with Crippen LogP contribution in [-0.2, 0) is 4.74 Å². The van der Waals surface area contributed by atoms with Crippen molar-refractivity contribution >= 4 is 11.8 Å². The second kappa shape index (κ2) is 6.92. The van der Waals surface area contributed by atoms with Crippen molar-refractivity contribution in [3.05, 3.63) is 36.7 Å². The number of morpholine rings is 1. The van der Waals surface area contributed by atoms with Crippen LogP contribution in [0.1, 0.15) is 0 Å². The number of nitrogens with one attached hydrogen (secondary N) is 1. The van der Waals surface area contributed by atoms with E-state index in [1.165, 1.54) is 10.5 Å². The monoisotopic (exact) mass is 288 g/mol. The van der Waals surface area contributed by atoms with Gasteiger partial charge < -0.3 is 4.74 Å². The summed E-state index contributed by atoms with van der Waals surface area (Å²) in [5, 5.41) is 6.84. The van der Waals surface area contributed by atoms with Crippen molar-refractivity contribution in [2.45, 2.75) is 4.90 Å². The van der Waals surface area contributed by atoms with E-state index >= 15 is 0 Å². The van der Waals surface area contributed by atoms with Crippen molar-refractivity contribution in [2.24, 2.45) is 0 Å². The van der Waals surface area contributed by atoms with Crippen LogP contribution in [0.5, 0.6) is 0 Å². The summed E-state index contributed by atoms with van der Waals surface area (Å²) >= 11 is 1.86. The molecular formula is C15H18N3OS. The Kier molecular flexibility index (Phi) is 4.73. The third-order valence-corrected chi connectivity index (χ3v) is 4.31. The van der Waals surface area contributed by atoms with Crippen molar-refractivity contribution in [3.8, 4) is 11.1 Å². The van der Waals surface area contributed by atoms with Gasteiger partial charge in [-0.3, -0.25) is 10.00 Å². The summed E-state index contributed by atoms with van der Waals surface area (Å²) in [5.74, 6) is 1.09. The summed E-state index contributed by atoms with van der Waals surface area (Å²) in [4.78, 5) is 3.65. The largest absolute Gasteiger partial charge is 0.379 e. The van der Waals surface area contributed by atoms with E-state index in [0.29, 0.717) is 0 Å². The number of aromatic nitrogens is 2. The van der Waals surface area contributed by atoms with E-state index in [4.69, 9.17) is 4.74 Å². The number of hydrogen-bond donors (Lipinski definition) is 1. The highest BCUT2D eigenvalue weighted by Crippen LogP contribution is 2.24. The predicted octanol–water partition coefficient (Wildman–Crippen LogP) is 2.30. The fourth-order valence-corrected chi connectivity index (χ4v) is 3.16. The van der Waals surface area contributed by atoms with E-state index in [2.05, 4.69) is 33.3 Å². The quantitative estimate of drug-likeness (QED) is 0.857. The zero-order valence-electron chi connectivity index (χ0n) is 11.3. The minimum Gasteiger partial charge on any atom is -0.379 e. The van der Waals surface area contributed by atoms with Gasteiger partial charge in [0.15, 0.2) is 0 Å². The highest BCUT2D eigenvalue weighted by molar-refractivity contribution is 7.99. The van der Waals surface area contributed by atoms with Crippen LogP contribution in [-0.4, -0.2) is 53.7 Å². The third-order valence-electron chi connectivity index (χ3n) is 3.38. The molecular weight excluding hydrogens is 270 g/mol. The maximum atomic E-state index is 5.36. The summed E-state index contributed by atoms with van der Waals surface area (Å²) in [6.07, 6.45) is 3.76. The lowest BCUT2D eigenvalue weighted by Crippen LogP contribution is -2.37. The topological polar surface area (TPSA) is 41.2 Å². The first-order valence-electron chi connectivity index (χ1n) is 6.85. The molecule has 2 heterocycles. The van der Waals surface area contributed by atoms with E-state index in [0.717, 1.165) is 44.2 Å². The van der Waals surface area contributed by atoms with E-state index in [9.17, 15) is 0 Å². The number of aromatic amines is 1. The second-order valence-corrected chi connectivity index (χ2v) is 5.87. The zero-order chi connectivity index (χ0) is 13.6. The number of rotatable bonds is 5. The van der Waals surface area contributed by atoms with Gasteiger partial charge in [0.1, 0.15) is 0 Å². The minimum absolute atomic E-state index is 0.868. The van der Waals surface area contributed by atoms with Gasteiger partial charge in [0.25, 0.3) is 0 Å². The summed E-state index contributed by atoms with van der Waals surface area (Å²) in [7, 11) is 0. The Balaban J connectivity index is 1.53. The normalized spacial score (nSPS) is 16.4. The smallest absolute Gasteiger partial charge is 0.0594 e. The van der Waals surface area contributed by atoms with Crippen LogP contribution >= 0.6 is 11.8 Å². The third kappa shape index (κ3) is 3.62. The number of hydrogen-bond acceptors (Lipinski definition) is 4. The molecule has 1 aromatic carbocycles. The molecule has 0 saturated carbocycles. The molecule has 1 aromatic heterocycles. The Morgan fingerprint density at radius 2 is 2.25 bits per heavy atom. The van der Waals surface area contributed by atoms with Crippen LogP contribution in [0.25, 0.3) is 11.1 Å². The molecule has 4 nitrogen and oxygen atoms in total. The van der Waals surface area contributed by atoms with Gasteiger partial charge in [-0.15, -0.1) is 11.8 Å². The molecule has 1 aliphatic heterocycles. The molecule has 1 fully saturated rings. The van der Waals surface area contributed by atoms with Crippen LogP contribution < -0.4 is 0 Å². The first-order chi connectivity index (χ1) is 9.92. The van der Waals surface area contributed by atoms with Gasteiger partial charge in [0, 0.05) is 42.0 Å². The maximum Gasteiger partial charge on any atom is 0.0594 e. The number of H-pyrrole nitrogens is 1. The molecule has 1 radical (unpaired) electrons. The highest BCUT2D eigenvalue weighted by Gasteiger charge is 2.09. The zero-order valence-corrected chi connectivity index (χ0v) is 12.2. The first-order valence-corrected chi connectivity index (χ1v) is 7.84. The molecule has 0 spiro atoms. The Hall–Kier alpha value is -1.30. The van der Waals surface area contributed by atoms with Crippen molar-refractivity contribution < 1.29 is 4.74 Å². The lowest BCUT2D eigenvalue weighted by atomic mass is 10.1. The van der Waals surface area contributed by atoms with Crippen molar-refractivity contribution in [1.82, 2.24) is 15.1 Å². The molecule has 0 atom stereocenters. The van der Waals surface area contributed by atoms with Crippen LogP contribution in [0, 0.1) is 6.07 Å². The SMILES string of the molecule is [c]1ccc(-c2cn[nH]c2)cc1SCCN1CCOCC1. The summed E-state index contributed by atoms with van der Waals surface area (Å²) in [5.41, 5.74) is 2.31. The fraction of sp³-hybridized carbons (Fsp3) is 0.400. The van der Waals surface area contributed by atoms with E-state index < -0.39 is 0 Å². The summed E-state index contributed by atoms with van der Waals surface area (Å²) in [6, 6.07) is 9.52. The van der Waals surface area contributed by atoms with E-state index in [-0.39, 0.29) is 0 Å². The molecule has 1 N–H and O–H groups in total. The van der Waals surface area contributed by atoms with E-state index in [1.54, 1.807) is 0 Å². The maximum absolute atomic E-state index is 5.36. The number of benzene rings is 1. The Morgan fingerprint density at radius 1 is 1.35 bits per heavy atom. The van der Waals surface area contributed by atoms with Gasteiger partial charge >= 0.3 is 0 Å². The number of thioether (sulfide) groups is 1. The minimum atomic E-state index is 0.868. The average Bonchev–Trinajstić information content (AvgIpc) is 3.03. The molecule has 0 amide bonds. The molecule has 3 rings (SSSR count). The highest BCUT2D eigenvalue weighted by atomic mass is 32.2. The average molecular weight is 288 g/mol. The van der Waals surface area contributed by atoms with Crippen molar-refractivity contribution in [3.63, 3.8) is 0 Å². The molecule has 0 bridgehead atoms. The Labute approximate surface area is 123 Å². The first kappa shape index (κ1) is 13.7. The molecule has 1 aliphatic rings. The van der Waals surface area contributed by atoms with Crippen LogP contribution in [0.2, 0.25) is 0 Å². The standard InChI is InChI=1S/C15H18N3OS/c1-2-13(14-11-16-17-12-14)10-15(3-1)20-9-6-18-4-7-19-8-5-18/h1-2,10-12H,4-9H2,(H,16,17). The molecule has 20 heavy (non-hydrogen) atoms. The number of nitrogens with zero attached hydrogens (tertiary/aromatic N) is 2. The van der Waals surface area contributed by atoms with Gasteiger partial charge in [0.05, 0.1) is 19.4 Å². The van der Waals surface area contributed by atoms with Gasteiger partial charge in [-0.05, 0) is 17.7 Å². The Morgan fingerprint density at radius 3 is 3.05 bits per heavy atom. The molecule has 5 heteroatoms. The van der Waals surface area contributed by atoms with Gasteiger partial charge in [-0.25, -0.2) is 0 Å². The van der Waals surface area contributed by atoms with Gasteiger partial charge in [0.2, 0.25) is 0 Å². The van der Waals surface area contributed by atoms with Crippen LogP contribution in [0.3, 0.4) is 0 Å². The molecule has 0 aliphatic carbocycles. The summed E-state index contributed by atoms with van der Waals surface area (Å²) < 4.78 is 5.36. The van der Waals surface area contributed by atoms with Gasteiger partial charge in [-0.1, -0.05) is 12.1 Å². The van der Waals surface area contributed by atoms with E-state index in [1.807, 2.05) is 30.2 Å². The summed E-state index contributed by atoms with van der Waals surface area (Å²) in [6.45, 7) is 4.95.